The van der Waals surface area contributed by atoms with Crippen molar-refractivity contribution in [2.75, 3.05) is 13.1 Å². The number of nitrogens with zero attached hydrogens (tertiary/aromatic N) is 2. The Kier molecular flexibility index (Phi) is 3.94. The fourth-order valence-electron chi connectivity index (χ4n) is 2.83. The summed E-state index contributed by atoms with van der Waals surface area (Å²) in [4.78, 5) is 4.33. The van der Waals surface area contributed by atoms with Crippen LogP contribution in [0.3, 0.4) is 0 Å². The van der Waals surface area contributed by atoms with Crippen molar-refractivity contribution < 1.29 is 0 Å². The first-order valence-corrected chi connectivity index (χ1v) is 7.15. The second kappa shape index (κ2) is 6.02. The van der Waals surface area contributed by atoms with Crippen molar-refractivity contribution in [3.63, 3.8) is 0 Å². The van der Waals surface area contributed by atoms with Gasteiger partial charge in [0.25, 0.3) is 0 Å². The first-order chi connectivity index (χ1) is 9.42. The van der Waals surface area contributed by atoms with E-state index in [1.165, 1.54) is 30.6 Å². The smallest absolute Gasteiger partial charge is 0.0951 e. The molecule has 3 rings (SSSR count). The molecule has 1 aromatic carbocycles. The monoisotopic (exact) mass is 255 g/mol. The molecule has 0 radical (unpaired) electrons. The van der Waals surface area contributed by atoms with Crippen molar-refractivity contribution >= 4 is 0 Å². The van der Waals surface area contributed by atoms with Gasteiger partial charge in [-0.2, -0.15) is 0 Å². The van der Waals surface area contributed by atoms with Gasteiger partial charge in [-0.05, 0) is 43.8 Å². The first-order valence-electron chi connectivity index (χ1n) is 7.15. The molecule has 100 valence electrons. The quantitative estimate of drug-likeness (QED) is 0.909. The van der Waals surface area contributed by atoms with Gasteiger partial charge in [0.05, 0.1) is 6.33 Å². The highest BCUT2D eigenvalue weighted by molar-refractivity contribution is 5.16. The second-order valence-electron chi connectivity index (χ2n) is 5.41. The van der Waals surface area contributed by atoms with Crippen molar-refractivity contribution in [3.8, 4) is 0 Å². The normalized spacial score (nSPS) is 19.5. The number of aromatic nitrogens is 2. The van der Waals surface area contributed by atoms with Gasteiger partial charge in [-0.3, -0.25) is 0 Å². The van der Waals surface area contributed by atoms with Crippen LogP contribution in [0.2, 0.25) is 0 Å². The summed E-state index contributed by atoms with van der Waals surface area (Å²) in [5, 5.41) is 3.49. The zero-order valence-electron chi connectivity index (χ0n) is 11.3. The maximum atomic E-state index is 4.33. The van der Waals surface area contributed by atoms with Crippen LogP contribution >= 0.6 is 0 Å². The SMILES string of the molecule is c1ccc(Cn2cncc2CC2CCCNC2)cc1. The molecular weight excluding hydrogens is 234 g/mol. The van der Waals surface area contributed by atoms with Crippen LogP contribution in [0.4, 0.5) is 0 Å². The summed E-state index contributed by atoms with van der Waals surface area (Å²) in [7, 11) is 0. The Morgan fingerprint density at radius 1 is 1.26 bits per heavy atom. The average Bonchev–Trinajstić information content (AvgIpc) is 2.88. The lowest BCUT2D eigenvalue weighted by atomic mass is 9.95. The first kappa shape index (κ1) is 12.4. The minimum atomic E-state index is 0.764. The summed E-state index contributed by atoms with van der Waals surface area (Å²) >= 11 is 0. The van der Waals surface area contributed by atoms with Crippen LogP contribution in [-0.4, -0.2) is 22.6 Å². The molecule has 1 atom stereocenters. The summed E-state index contributed by atoms with van der Waals surface area (Å²) < 4.78 is 2.28. The molecule has 0 bridgehead atoms. The van der Waals surface area contributed by atoms with E-state index in [1.54, 1.807) is 0 Å². The van der Waals surface area contributed by atoms with Gasteiger partial charge in [0, 0.05) is 18.4 Å². The molecule has 1 saturated heterocycles. The molecule has 0 amide bonds. The molecule has 1 aliphatic rings. The van der Waals surface area contributed by atoms with E-state index in [0.717, 1.165) is 25.4 Å². The Hall–Kier alpha value is -1.61. The Morgan fingerprint density at radius 2 is 2.16 bits per heavy atom. The van der Waals surface area contributed by atoms with Gasteiger partial charge >= 0.3 is 0 Å². The highest BCUT2D eigenvalue weighted by Crippen LogP contribution is 2.17. The fraction of sp³-hybridized carbons (Fsp3) is 0.438. The summed E-state index contributed by atoms with van der Waals surface area (Å²) in [5.41, 5.74) is 2.70. The van der Waals surface area contributed by atoms with Gasteiger partial charge in [-0.1, -0.05) is 30.3 Å². The molecule has 3 heteroatoms. The van der Waals surface area contributed by atoms with E-state index in [4.69, 9.17) is 0 Å². The second-order valence-corrected chi connectivity index (χ2v) is 5.41. The lowest BCUT2D eigenvalue weighted by Crippen LogP contribution is -2.31. The third kappa shape index (κ3) is 3.24. The van der Waals surface area contributed by atoms with Gasteiger partial charge in [0.1, 0.15) is 0 Å². The largest absolute Gasteiger partial charge is 0.330 e. The predicted octanol–water partition coefficient (Wildman–Crippen LogP) is 2.47. The van der Waals surface area contributed by atoms with Crippen LogP contribution in [0, 0.1) is 5.92 Å². The topological polar surface area (TPSA) is 29.9 Å². The highest BCUT2D eigenvalue weighted by atomic mass is 15.0. The molecule has 2 heterocycles. The molecule has 1 N–H and O–H groups in total. The molecule has 3 nitrogen and oxygen atoms in total. The average molecular weight is 255 g/mol. The molecular formula is C16H21N3. The summed E-state index contributed by atoms with van der Waals surface area (Å²) in [6.45, 7) is 3.26. The van der Waals surface area contributed by atoms with E-state index in [0.29, 0.717) is 0 Å². The molecule has 1 aliphatic heterocycles. The Balaban J connectivity index is 1.68. The summed E-state index contributed by atoms with van der Waals surface area (Å²) in [5.74, 6) is 0.764. The molecule has 0 aliphatic carbocycles. The van der Waals surface area contributed by atoms with Crippen LogP contribution in [0.15, 0.2) is 42.9 Å². The Labute approximate surface area is 114 Å². The predicted molar refractivity (Wildman–Crippen MR) is 77.1 cm³/mol. The van der Waals surface area contributed by atoms with Crippen molar-refractivity contribution in [3.05, 3.63) is 54.1 Å². The zero-order valence-corrected chi connectivity index (χ0v) is 11.3. The fourth-order valence-corrected chi connectivity index (χ4v) is 2.83. The standard InChI is InChI=1S/C16H21N3/c1-2-5-14(6-3-1)12-19-13-18-11-16(19)9-15-7-4-8-17-10-15/h1-3,5-6,11,13,15,17H,4,7-10,12H2. The number of hydrogen-bond acceptors (Lipinski definition) is 2. The maximum Gasteiger partial charge on any atom is 0.0951 e. The van der Waals surface area contributed by atoms with Gasteiger partial charge in [0.2, 0.25) is 0 Å². The molecule has 0 saturated carbocycles. The highest BCUT2D eigenvalue weighted by Gasteiger charge is 2.15. The number of benzene rings is 1. The molecule has 19 heavy (non-hydrogen) atoms. The third-order valence-corrected chi connectivity index (χ3v) is 3.89. The van der Waals surface area contributed by atoms with Crippen LogP contribution in [-0.2, 0) is 13.0 Å². The maximum absolute atomic E-state index is 4.33. The van der Waals surface area contributed by atoms with Crippen molar-refractivity contribution in [2.45, 2.75) is 25.8 Å². The van der Waals surface area contributed by atoms with E-state index < -0.39 is 0 Å². The van der Waals surface area contributed by atoms with Gasteiger partial charge in [0.15, 0.2) is 0 Å². The van der Waals surface area contributed by atoms with Crippen LogP contribution in [0.1, 0.15) is 24.1 Å². The summed E-state index contributed by atoms with van der Waals surface area (Å²) in [6.07, 6.45) is 7.76. The lowest BCUT2D eigenvalue weighted by Gasteiger charge is -2.23. The van der Waals surface area contributed by atoms with Crippen molar-refractivity contribution in [2.24, 2.45) is 5.92 Å². The van der Waals surface area contributed by atoms with Gasteiger partial charge < -0.3 is 9.88 Å². The Bertz CT molecular complexity index is 498. The molecule has 2 aromatic rings. The van der Waals surface area contributed by atoms with Crippen LogP contribution < -0.4 is 5.32 Å². The van der Waals surface area contributed by atoms with E-state index in [2.05, 4.69) is 45.2 Å². The van der Waals surface area contributed by atoms with Crippen LogP contribution in [0.5, 0.6) is 0 Å². The van der Waals surface area contributed by atoms with E-state index in [9.17, 15) is 0 Å². The van der Waals surface area contributed by atoms with Gasteiger partial charge in [-0.15, -0.1) is 0 Å². The Morgan fingerprint density at radius 3 is 2.95 bits per heavy atom. The minimum Gasteiger partial charge on any atom is -0.330 e. The van der Waals surface area contributed by atoms with Crippen LogP contribution in [0.25, 0.3) is 0 Å². The van der Waals surface area contributed by atoms with Gasteiger partial charge in [-0.25, -0.2) is 4.98 Å². The zero-order chi connectivity index (χ0) is 12.9. The number of piperidine rings is 1. The molecule has 1 unspecified atom stereocenters. The summed E-state index contributed by atoms with van der Waals surface area (Å²) in [6, 6.07) is 10.6. The number of rotatable bonds is 4. The number of imidazole rings is 1. The number of hydrogen-bond donors (Lipinski definition) is 1. The van der Waals surface area contributed by atoms with E-state index >= 15 is 0 Å². The molecule has 1 fully saturated rings. The molecule has 1 aromatic heterocycles. The molecule has 0 spiro atoms. The minimum absolute atomic E-state index is 0.764. The van der Waals surface area contributed by atoms with E-state index in [-0.39, 0.29) is 0 Å². The third-order valence-electron chi connectivity index (χ3n) is 3.89. The van der Waals surface area contributed by atoms with E-state index in [1.807, 2.05) is 12.5 Å². The van der Waals surface area contributed by atoms with Crippen molar-refractivity contribution in [1.29, 1.82) is 0 Å². The number of nitrogens with one attached hydrogen (secondary N) is 1. The van der Waals surface area contributed by atoms with Crippen molar-refractivity contribution in [1.82, 2.24) is 14.9 Å². The lowest BCUT2D eigenvalue weighted by molar-refractivity contribution is 0.370.